The molecule has 142 valence electrons. The highest BCUT2D eigenvalue weighted by molar-refractivity contribution is 6.42. The van der Waals surface area contributed by atoms with Crippen molar-refractivity contribution in [3.05, 3.63) is 40.4 Å². The van der Waals surface area contributed by atoms with Crippen LogP contribution in [-0.4, -0.2) is 52.2 Å². The Bertz CT molecular complexity index is 701. The van der Waals surface area contributed by atoms with Gasteiger partial charge in [0.2, 0.25) is 11.8 Å². The Morgan fingerprint density at radius 1 is 1.27 bits per heavy atom. The van der Waals surface area contributed by atoms with Crippen LogP contribution in [0.3, 0.4) is 0 Å². The molecule has 2 amide bonds. The number of rotatable bonds is 6. The SMILES string of the molecule is C=CC(=O)NCC1(O)CCN(C(=O)CCc2cc(Cl)c(Cl)cc2O)CC1. The molecule has 0 aliphatic carbocycles. The Morgan fingerprint density at radius 3 is 2.50 bits per heavy atom. The number of hydrogen-bond acceptors (Lipinski definition) is 4. The van der Waals surface area contributed by atoms with Crippen LogP contribution in [0.2, 0.25) is 10.0 Å². The Kier molecular flexibility index (Phi) is 6.92. The van der Waals surface area contributed by atoms with Crippen molar-refractivity contribution in [2.24, 2.45) is 0 Å². The fourth-order valence-corrected chi connectivity index (χ4v) is 3.19. The summed E-state index contributed by atoms with van der Waals surface area (Å²) in [7, 11) is 0. The second-order valence-electron chi connectivity index (χ2n) is 6.42. The van der Waals surface area contributed by atoms with Gasteiger partial charge in [-0.25, -0.2) is 0 Å². The van der Waals surface area contributed by atoms with E-state index in [4.69, 9.17) is 23.2 Å². The zero-order valence-electron chi connectivity index (χ0n) is 14.3. The third-order valence-corrected chi connectivity index (χ3v) is 5.28. The molecular weight excluding hydrogens is 379 g/mol. The van der Waals surface area contributed by atoms with Crippen molar-refractivity contribution in [3.8, 4) is 5.75 Å². The molecule has 1 fully saturated rings. The zero-order valence-corrected chi connectivity index (χ0v) is 15.8. The first kappa shape index (κ1) is 20.6. The number of carbonyl (C=O) groups is 2. The lowest BCUT2D eigenvalue weighted by Crippen LogP contribution is -2.52. The molecule has 0 spiro atoms. The van der Waals surface area contributed by atoms with E-state index in [1.54, 1.807) is 11.0 Å². The number of phenolic OH excluding ortho intramolecular Hbond substituents is 1. The van der Waals surface area contributed by atoms with Gasteiger partial charge in [0.15, 0.2) is 0 Å². The molecule has 6 nitrogen and oxygen atoms in total. The maximum Gasteiger partial charge on any atom is 0.243 e. The van der Waals surface area contributed by atoms with E-state index in [0.29, 0.717) is 42.9 Å². The van der Waals surface area contributed by atoms with Crippen LogP contribution in [0.4, 0.5) is 0 Å². The van der Waals surface area contributed by atoms with Crippen molar-refractivity contribution < 1.29 is 19.8 Å². The van der Waals surface area contributed by atoms with E-state index in [1.807, 2.05) is 0 Å². The van der Waals surface area contributed by atoms with Crippen molar-refractivity contribution in [2.45, 2.75) is 31.3 Å². The summed E-state index contributed by atoms with van der Waals surface area (Å²) in [5.74, 6) is -0.385. The van der Waals surface area contributed by atoms with Crippen molar-refractivity contribution in [1.82, 2.24) is 10.2 Å². The van der Waals surface area contributed by atoms with E-state index in [-0.39, 0.29) is 35.6 Å². The van der Waals surface area contributed by atoms with Gasteiger partial charge in [-0.05, 0) is 37.0 Å². The average molecular weight is 401 g/mol. The number of likely N-dealkylation sites (tertiary alicyclic amines) is 1. The average Bonchev–Trinajstić information content (AvgIpc) is 2.62. The summed E-state index contributed by atoms with van der Waals surface area (Å²) < 4.78 is 0. The lowest BCUT2D eigenvalue weighted by atomic mass is 9.91. The quantitative estimate of drug-likeness (QED) is 0.638. The molecular formula is C18H22Cl2N2O4. The normalized spacial score (nSPS) is 16.2. The van der Waals surface area contributed by atoms with Crippen LogP contribution in [-0.2, 0) is 16.0 Å². The summed E-state index contributed by atoms with van der Waals surface area (Å²) in [4.78, 5) is 25.3. The van der Waals surface area contributed by atoms with E-state index < -0.39 is 5.60 Å². The van der Waals surface area contributed by atoms with Gasteiger partial charge in [-0.3, -0.25) is 9.59 Å². The molecule has 1 aliphatic rings. The third-order valence-electron chi connectivity index (χ3n) is 4.55. The summed E-state index contributed by atoms with van der Waals surface area (Å²) in [6, 6.07) is 2.92. The van der Waals surface area contributed by atoms with E-state index in [2.05, 4.69) is 11.9 Å². The highest BCUT2D eigenvalue weighted by Gasteiger charge is 2.33. The first-order valence-electron chi connectivity index (χ1n) is 8.31. The molecule has 1 heterocycles. The van der Waals surface area contributed by atoms with Crippen LogP contribution in [0.1, 0.15) is 24.8 Å². The molecule has 0 aromatic heterocycles. The molecule has 1 saturated heterocycles. The van der Waals surface area contributed by atoms with Crippen molar-refractivity contribution in [2.75, 3.05) is 19.6 Å². The summed E-state index contributed by atoms with van der Waals surface area (Å²) in [5.41, 5.74) is -0.453. The number of nitrogens with one attached hydrogen (secondary N) is 1. The van der Waals surface area contributed by atoms with Gasteiger partial charge in [-0.1, -0.05) is 29.8 Å². The van der Waals surface area contributed by atoms with Gasteiger partial charge in [0.25, 0.3) is 0 Å². The number of hydrogen-bond donors (Lipinski definition) is 3. The standard InChI is InChI=1S/C18H22Cl2N2O4/c1-2-16(24)21-11-18(26)5-7-22(8-6-18)17(25)4-3-12-9-13(19)14(20)10-15(12)23/h2,9-10,23,26H,1,3-8,11H2,(H,21,24). The number of aryl methyl sites for hydroxylation is 1. The number of phenols is 1. The molecule has 1 aromatic rings. The number of nitrogens with zero attached hydrogens (tertiary/aromatic N) is 1. The predicted octanol–water partition coefficient (Wildman–Crippen LogP) is 2.29. The fourth-order valence-electron chi connectivity index (χ4n) is 2.85. The minimum Gasteiger partial charge on any atom is -0.508 e. The van der Waals surface area contributed by atoms with Gasteiger partial charge in [0.05, 0.1) is 15.6 Å². The molecule has 0 atom stereocenters. The molecule has 0 unspecified atom stereocenters. The summed E-state index contributed by atoms with van der Waals surface area (Å²) in [6.07, 6.45) is 2.48. The first-order chi connectivity index (χ1) is 12.2. The summed E-state index contributed by atoms with van der Waals surface area (Å²) in [5, 5.41) is 23.5. The molecule has 3 N–H and O–H groups in total. The molecule has 8 heteroatoms. The van der Waals surface area contributed by atoms with Gasteiger partial charge >= 0.3 is 0 Å². The minimum absolute atomic E-state index is 0.0122. The van der Waals surface area contributed by atoms with Gasteiger partial charge < -0.3 is 20.4 Å². The second kappa shape index (κ2) is 8.75. The Hall–Kier alpha value is -1.76. The van der Waals surface area contributed by atoms with Crippen LogP contribution in [0.5, 0.6) is 5.75 Å². The van der Waals surface area contributed by atoms with Crippen LogP contribution in [0.25, 0.3) is 0 Å². The highest BCUT2D eigenvalue weighted by Crippen LogP contribution is 2.31. The van der Waals surface area contributed by atoms with Gasteiger partial charge in [0, 0.05) is 32.1 Å². The maximum absolute atomic E-state index is 12.4. The van der Waals surface area contributed by atoms with Crippen LogP contribution < -0.4 is 5.32 Å². The zero-order chi connectivity index (χ0) is 19.3. The summed E-state index contributed by atoms with van der Waals surface area (Å²) in [6.45, 7) is 4.32. The first-order valence-corrected chi connectivity index (χ1v) is 9.07. The Morgan fingerprint density at radius 2 is 1.88 bits per heavy atom. The number of aliphatic hydroxyl groups is 1. The molecule has 0 saturated carbocycles. The van der Waals surface area contributed by atoms with Gasteiger partial charge in [0.1, 0.15) is 5.75 Å². The number of piperidine rings is 1. The van der Waals surface area contributed by atoms with Crippen molar-refractivity contribution in [1.29, 1.82) is 0 Å². The number of aromatic hydroxyl groups is 1. The van der Waals surface area contributed by atoms with Gasteiger partial charge in [-0.15, -0.1) is 0 Å². The van der Waals surface area contributed by atoms with Crippen LogP contribution >= 0.6 is 23.2 Å². The van der Waals surface area contributed by atoms with E-state index in [9.17, 15) is 19.8 Å². The number of carbonyl (C=O) groups excluding carboxylic acids is 2. The molecule has 2 rings (SSSR count). The lowest BCUT2D eigenvalue weighted by Gasteiger charge is -2.38. The second-order valence-corrected chi connectivity index (χ2v) is 7.24. The number of amides is 2. The molecule has 26 heavy (non-hydrogen) atoms. The predicted molar refractivity (Wildman–Crippen MR) is 100 cm³/mol. The smallest absolute Gasteiger partial charge is 0.243 e. The number of halogens is 2. The van der Waals surface area contributed by atoms with E-state index in [0.717, 1.165) is 6.08 Å². The number of benzene rings is 1. The van der Waals surface area contributed by atoms with Crippen molar-refractivity contribution in [3.63, 3.8) is 0 Å². The van der Waals surface area contributed by atoms with E-state index in [1.165, 1.54) is 6.07 Å². The Labute approximate surface area is 162 Å². The lowest BCUT2D eigenvalue weighted by molar-refractivity contribution is -0.135. The van der Waals surface area contributed by atoms with Gasteiger partial charge in [-0.2, -0.15) is 0 Å². The van der Waals surface area contributed by atoms with Crippen molar-refractivity contribution >= 4 is 35.0 Å². The van der Waals surface area contributed by atoms with Crippen LogP contribution in [0, 0.1) is 0 Å². The maximum atomic E-state index is 12.4. The largest absolute Gasteiger partial charge is 0.508 e. The molecule has 0 bridgehead atoms. The topological polar surface area (TPSA) is 89.9 Å². The highest BCUT2D eigenvalue weighted by atomic mass is 35.5. The Balaban J connectivity index is 1.84. The third kappa shape index (κ3) is 5.37. The molecule has 1 aliphatic heterocycles. The monoisotopic (exact) mass is 400 g/mol. The molecule has 0 radical (unpaired) electrons. The summed E-state index contributed by atoms with van der Waals surface area (Å²) >= 11 is 11.8. The van der Waals surface area contributed by atoms with Crippen LogP contribution in [0.15, 0.2) is 24.8 Å². The van der Waals surface area contributed by atoms with E-state index >= 15 is 0 Å². The fraction of sp³-hybridized carbons (Fsp3) is 0.444. The minimum atomic E-state index is -1.02. The molecule has 1 aromatic carbocycles.